The third-order valence-corrected chi connectivity index (χ3v) is 4.92. The molecule has 7 heteroatoms. The van der Waals surface area contributed by atoms with Crippen LogP contribution in [0.5, 0.6) is 0 Å². The zero-order valence-electron chi connectivity index (χ0n) is 12.1. The van der Waals surface area contributed by atoms with E-state index >= 15 is 0 Å². The van der Waals surface area contributed by atoms with Gasteiger partial charge in [-0.25, -0.2) is 0 Å². The van der Waals surface area contributed by atoms with Gasteiger partial charge in [-0.15, -0.1) is 12.4 Å². The number of nitrogens with one attached hydrogen (secondary N) is 2. The SMILES string of the molecule is Cl.O=C(CN1CCC2CCC(C1)N2)Nc1ccc(Cl)c(Cl)c1. The van der Waals surface area contributed by atoms with E-state index in [2.05, 4.69) is 15.5 Å². The van der Waals surface area contributed by atoms with E-state index in [1.54, 1.807) is 18.2 Å². The molecule has 1 aromatic carbocycles. The van der Waals surface area contributed by atoms with Gasteiger partial charge in [0.15, 0.2) is 0 Å². The summed E-state index contributed by atoms with van der Waals surface area (Å²) < 4.78 is 0. The molecule has 122 valence electrons. The van der Waals surface area contributed by atoms with Gasteiger partial charge in [-0.05, 0) is 37.5 Å². The fraction of sp³-hybridized carbons (Fsp3) is 0.533. The van der Waals surface area contributed by atoms with Crippen LogP contribution in [0.25, 0.3) is 0 Å². The van der Waals surface area contributed by atoms with Crippen molar-refractivity contribution in [2.45, 2.75) is 31.3 Å². The van der Waals surface area contributed by atoms with Gasteiger partial charge in [0.2, 0.25) is 5.91 Å². The quantitative estimate of drug-likeness (QED) is 0.866. The Kier molecular flexibility index (Phi) is 6.36. The summed E-state index contributed by atoms with van der Waals surface area (Å²) in [5.41, 5.74) is 0.684. The van der Waals surface area contributed by atoms with Gasteiger partial charge in [0.1, 0.15) is 0 Å². The Bertz CT molecular complexity index is 541. The Morgan fingerprint density at radius 1 is 1.23 bits per heavy atom. The summed E-state index contributed by atoms with van der Waals surface area (Å²) in [4.78, 5) is 14.4. The minimum atomic E-state index is -0.00818. The van der Waals surface area contributed by atoms with Crippen molar-refractivity contribution < 1.29 is 4.79 Å². The van der Waals surface area contributed by atoms with Crippen LogP contribution >= 0.6 is 35.6 Å². The van der Waals surface area contributed by atoms with Crippen molar-refractivity contribution in [2.24, 2.45) is 0 Å². The molecule has 2 N–H and O–H groups in total. The van der Waals surface area contributed by atoms with Gasteiger partial charge in [0, 0.05) is 30.9 Å². The smallest absolute Gasteiger partial charge is 0.238 e. The Balaban J connectivity index is 0.00000176. The molecule has 2 saturated heterocycles. The molecule has 0 radical (unpaired) electrons. The van der Waals surface area contributed by atoms with E-state index in [0.717, 1.165) is 19.5 Å². The zero-order chi connectivity index (χ0) is 14.8. The third-order valence-electron chi connectivity index (χ3n) is 4.18. The average Bonchev–Trinajstić information content (AvgIpc) is 2.77. The number of fused-ring (bicyclic) bond motifs is 2. The molecule has 2 aliphatic heterocycles. The van der Waals surface area contributed by atoms with Crippen LogP contribution in [0.3, 0.4) is 0 Å². The van der Waals surface area contributed by atoms with Crippen molar-refractivity contribution in [1.29, 1.82) is 0 Å². The lowest BCUT2D eigenvalue weighted by Crippen LogP contribution is -2.39. The number of amides is 1. The third kappa shape index (κ3) is 4.49. The fourth-order valence-corrected chi connectivity index (χ4v) is 3.43. The largest absolute Gasteiger partial charge is 0.325 e. The molecule has 0 aromatic heterocycles. The van der Waals surface area contributed by atoms with Crippen molar-refractivity contribution in [1.82, 2.24) is 10.2 Å². The van der Waals surface area contributed by atoms with Gasteiger partial charge in [0.05, 0.1) is 16.6 Å². The van der Waals surface area contributed by atoms with Crippen LogP contribution in [0.2, 0.25) is 10.0 Å². The standard InChI is InChI=1S/C15H19Cl2N3O.ClH/c16-13-4-3-11(7-14(13)17)19-15(21)9-20-6-5-10-1-2-12(8-20)18-10;/h3-4,7,10,12,18H,1-2,5-6,8-9H2,(H,19,21);1H. The lowest BCUT2D eigenvalue weighted by molar-refractivity contribution is -0.117. The highest BCUT2D eigenvalue weighted by Crippen LogP contribution is 2.25. The van der Waals surface area contributed by atoms with Crippen LogP contribution in [0.1, 0.15) is 19.3 Å². The molecule has 2 fully saturated rings. The van der Waals surface area contributed by atoms with Gasteiger partial charge in [-0.1, -0.05) is 23.2 Å². The van der Waals surface area contributed by atoms with Crippen molar-refractivity contribution in [2.75, 3.05) is 25.0 Å². The van der Waals surface area contributed by atoms with Crippen molar-refractivity contribution in [3.05, 3.63) is 28.2 Å². The second-order valence-electron chi connectivity index (χ2n) is 5.84. The zero-order valence-corrected chi connectivity index (χ0v) is 14.5. The van der Waals surface area contributed by atoms with E-state index in [1.807, 2.05) is 0 Å². The van der Waals surface area contributed by atoms with E-state index in [4.69, 9.17) is 23.2 Å². The summed E-state index contributed by atoms with van der Waals surface area (Å²) in [6.07, 6.45) is 3.61. The van der Waals surface area contributed by atoms with Crippen molar-refractivity contribution in [3.8, 4) is 0 Å². The number of hydrogen-bond acceptors (Lipinski definition) is 3. The number of likely N-dealkylation sites (tertiary alicyclic amines) is 1. The molecule has 0 saturated carbocycles. The molecule has 3 rings (SSSR count). The number of carbonyl (C=O) groups excluding carboxylic acids is 1. The van der Waals surface area contributed by atoms with Gasteiger partial charge in [-0.3, -0.25) is 9.69 Å². The molecule has 22 heavy (non-hydrogen) atoms. The maximum Gasteiger partial charge on any atom is 0.238 e. The highest BCUT2D eigenvalue weighted by molar-refractivity contribution is 6.42. The first kappa shape index (κ1) is 17.8. The predicted octanol–water partition coefficient (Wildman–Crippen LogP) is 3.18. The summed E-state index contributed by atoms with van der Waals surface area (Å²) in [7, 11) is 0. The summed E-state index contributed by atoms with van der Waals surface area (Å²) >= 11 is 11.8. The topological polar surface area (TPSA) is 44.4 Å². The number of nitrogens with zero attached hydrogens (tertiary/aromatic N) is 1. The van der Waals surface area contributed by atoms with E-state index in [9.17, 15) is 4.79 Å². The molecule has 1 aromatic rings. The van der Waals surface area contributed by atoms with Gasteiger partial charge in [0.25, 0.3) is 0 Å². The average molecular weight is 365 g/mol. The van der Waals surface area contributed by atoms with Crippen molar-refractivity contribution >= 4 is 47.2 Å². The molecular weight excluding hydrogens is 345 g/mol. The Morgan fingerprint density at radius 3 is 2.77 bits per heavy atom. The van der Waals surface area contributed by atoms with Gasteiger partial charge < -0.3 is 10.6 Å². The van der Waals surface area contributed by atoms with Crippen LogP contribution in [0, 0.1) is 0 Å². The van der Waals surface area contributed by atoms with E-state index in [0.29, 0.717) is 34.4 Å². The van der Waals surface area contributed by atoms with Crippen LogP contribution < -0.4 is 10.6 Å². The fourth-order valence-electron chi connectivity index (χ4n) is 3.14. The van der Waals surface area contributed by atoms with Crippen LogP contribution in [0.15, 0.2) is 18.2 Å². The van der Waals surface area contributed by atoms with Gasteiger partial charge in [-0.2, -0.15) is 0 Å². The van der Waals surface area contributed by atoms with Crippen LogP contribution in [0.4, 0.5) is 5.69 Å². The second-order valence-corrected chi connectivity index (χ2v) is 6.65. The number of carbonyl (C=O) groups is 1. The highest BCUT2D eigenvalue weighted by atomic mass is 35.5. The molecule has 2 unspecified atom stereocenters. The van der Waals surface area contributed by atoms with Crippen LogP contribution in [-0.2, 0) is 4.79 Å². The Hall–Kier alpha value is -0.520. The molecule has 2 heterocycles. The minimum absolute atomic E-state index is 0. The molecular formula is C15H20Cl3N3O. The monoisotopic (exact) mass is 363 g/mol. The highest BCUT2D eigenvalue weighted by Gasteiger charge is 2.29. The van der Waals surface area contributed by atoms with E-state index in [-0.39, 0.29) is 18.3 Å². The maximum atomic E-state index is 12.1. The Morgan fingerprint density at radius 2 is 2.00 bits per heavy atom. The van der Waals surface area contributed by atoms with E-state index < -0.39 is 0 Å². The lowest BCUT2D eigenvalue weighted by Gasteiger charge is -2.23. The molecule has 1 amide bonds. The summed E-state index contributed by atoms with van der Waals surface area (Å²) in [6.45, 7) is 2.35. The molecule has 2 aliphatic rings. The van der Waals surface area contributed by atoms with Gasteiger partial charge >= 0.3 is 0 Å². The number of hydrogen-bond donors (Lipinski definition) is 2. The number of halogens is 3. The second kappa shape index (κ2) is 7.84. The lowest BCUT2D eigenvalue weighted by atomic mass is 10.1. The summed E-state index contributed by atoms with van der Waals surface area (Å²) in [5.74, 6) is -0.00818. The Labute approximate surface area is 146 Å². The first-order valence-corrected chi connectivity index (χ1v) is 8.09. The maximum absolute atomic E-state index is 12.1. The number of benzene rings is 1. The van der Waals surface area contributed by atoms with E-state index in [1.165, 1.54) is 12.8 Å². The molecule has 2 atom stereocenters. The first-order valence-electron chi connectivity index (χ1n) is 7.33. The number of rotatable bonds is 3. The predicted molar refractivity (Wildman–Crippen MR) is 93.3 cm³/mol. The van der Waals surface area contributed by atoms with Crippen molar-refractivity contribution in [3.63, 3.8) is 0 Å². The molecule has 0 spiro atoms. The normalized spacial score (nSPS) is 24.5. The molecule has 0 aliphatic carbocycles. The summed E-state index contributed by atoms with van der Waals surface area (Å²) in [6, 6.07) is 6.30. The summed E-state index contributed by atoms with van der Waals surface area (Å²) in [5, 5.41) is 7.43. The number of anilines is 1. The molecule has 2 bridgehead atoms. The first-order chi connectivity index (χ1) is 10.1. The molecule has 4 nitrogen and oxygen atoms in total. The minimum Gasteiger partial charge on any atom is -0.325 e. The van der Waals surface area contributed by atoms with Crippen LogP contribution in [-0.4, -0.2) is 42.5 Å².